The average Bonchev–Trinajstić information content (AvgIpc) is 3.18. The zero-order valence-corrected chi connectivity index (χ0v) is 34.8. The van der Waals surface area contributed by atoms with Crippen molar-refractivity contribution in [1.29, 1.82) is 0 Å². The van der Waals surface area contributed by atoms with Crippen LogP contribution in [0.4, 0.5) is 0 Å². The van der Waals surface area contributed by atoms with E-state index in [1.54, 1.807) is 6.92 Å². The minimum atomic E-state index is -5.39. The van der Waals surface area contributed by atoms with Crippen molar-refractivity contribution in [2.75, 3.05) is 13.2 Å². The first-order valence-corrected chi connectivity index (χ1v) is 22.0. The van der Waals surface area contributed by atoms with E-state index in [-0.39, 0.29) is 6.42 Å². The molecule has 0 heterocycles. The molecule has 7 N–H and O–H groups in total. The Morgan fingerprint density at radius 3 is 1.49 bits per heavy atom. The Labute approximate surface area is 346 Å². The normalized spacial score (nSPS) is 20.6. The predicted molar refractivity (Wildman–Crippen MR) is 213 cm³/mol. The van der Waals surface area contributed by atoms with Crippen LogP contribution >= 0.6 is 15.6 Å². The number of phosphoric ester groups is 2. The minimum Gasteiger partial charge on any atom is -0.456 e. The lowest BCUT2D eigenvalue weighted by Gasteiger charge is -2.43. The molecule has 0 spiro atoms. The van der Waals surface area contributed by atoms with Gasteiger partial charge in [-0.1, -0.05) is 89.9 Å². The number of hydrogen-bond acceptors (Lipinski definition) is 13. The Kier molecular flexibility index (Phi) is 27.7. The van der Waals surface area contributed by atoms with Gasteiger partial charge in [0.1, 0.15) is 43.2 Å². The fraction of sp³-hybridized carbons (Fsp3) is 0.610. The summed E-state index contributed by atoms with van der Waals surface area (Å²) in [4.78, 5) is 53.5. The molecule has 4 unspecified atom stereocenters. The zero-order chi connectivity index (χ0) is 43.9. The molecule has 1 aliphatic carbocycles. The summed E-state index contributed by atoms with van der Waals surface area (Å²) in [5.74, 6) is 31.5. The summed E-state index contributed by atoms with van der Waals surface area (Å²) in [6, 6.07) is 0. The largest absolute Gasteiger partial charge is 0.472 e. The highest BCUT2D eigenvalue weighted by Crippen LogP contribution is 2.49. The van der Waals surface area contributed by atoms with Crippen molar-refractivity contribution in [1.82, 2.24) is 0 Å². The van der Waals surface area contributed by atoms with Crippen LogP contribution in [0.2, 0.25) is 0 Å². The molecule has 18 heteroatoms. The first kappa shape index (κ1) is 52.9. The second kappa shape index (κ2) is 30.9. The van der Waals surface area contributed by atoms with Crippen LogP contribution in [0, 0.1) is 82.9 Å². The molecule has 0 aromatic carbocycles. The van der Waals surface area contributed by atoms with Crippen LogP contribution in [-0.4, -0.2) is 103 Å². The smallest absolute Gasteiger partial charge is 0.456 e. The van der Waals surface area contributed by atoms with E-state index in [1.165, 1.54) is 44.9 Å². The fourth-order valence-electron chi connectivity index (χ4n) is 5.26. The number of aliphatic hydroxyl groups excluding tert-OH is 4. The quantitative estimate of drug-likeness (QED) is 0.0242. The van der Waals surface area contributed by atoms with E-state index in [9.17, 15) is 44.0 Å². The number of unbranched alkanes of at least 4 members (excludes halogenated alkanes) is 12. The van der Waals surface area contributed by atoms with E-state index < -0.39 is 83.5 Å². The fourth-order valence-corrected chi connectivity index (χ4v) is 6.80. The molecule has 0 bridgehead atoms. The van der Waals surface area contributed by atoms with Gasteiger partial charge in [0.25, 0.3) is 0 Å². The maximum atomic E-state index is 12.9. The molecular weight excluding hydrogens is 810 g/mol. The van der Waals surface area contributed by atoms with Gasteiger partial charge in [0.05, 0.1) is 6.61 Å². The third-order valence-corrected chi connectivity index (χ3v) is 9.65. The van der Waals surface area contributed by atoms with Gasteiger partial charge in [-0.2, -0.15) is 0 Å². The monoisotopic (exact) mass is 862 g/mol. The van der Waals surface area contributed by atoms with Crippen molar-refractivity contribution in [2.24, 2.45) is 0 Å². The van der Waals surface area contributed by atoms with Crippen LogP contribution in [-0.2, 0) is 41.8 Å². The highest BCUT2D eigenvalue weighted by Gasteiger charge is 2.54. The van der Waals surface area contributed by atoms with Gasteiger partial charge in [0.15, 0.2) is 6.10 Å². The van der Waals surface area contributed by atoms with Crippen LogP contribution in [0.3, 0.4) is 0 Å². The molecule has 1 fully saturated rings. The molecule has 322 valence electrons. The number of rotatable bonds is 24. The maximum Gasteiger partial charge on any atom is 0.472 e. The summed E-state index contributed by atoms with van der Waals surface area (Å²) >= 11 is 0. The third-order valence-electron chi connectivity index (χ3n) is 8.14. The molecule has 0 aromatic rings. The average molecular weight is 863 g/mol. The number of ether oxygens (including phenoxy) is 2. The first-order valence-electron chi connectivity index (χ1n) is 19.0. The van der Waals surface area contributed by atoms with E-state index in [0.717, 1.165) is 32.1 Å². The van der Waals surface area contributed by atoms with Crippen LogP contribution < -0.4 is 0 Å². The van der Waals surface area contributed by atoms with Crippen LogP contribution in [0.1, 0.15) is 104 Å². The Morgan fingerprint density at radius 1 is 0.576 bits per heavy atom. The zero-order valence-electron chi connectivity index (χ0n) is 33.1. The van der Waals surface area contributed by atoms with Crippen molar-refractivity contribution >= 4 is 27.6 Å². The van der Waals surface area contributed by atoms with Crippen molar-refractivity contribution in [3.63, 3.8) is 0 Å². The predicted octanol–water partition coefficient (Wildman–Crippen LogP) is 2.40. The lowest BCUT2D eigenvalue weighted by Crippen LogP contribution is -2.64. The summed E-state index contributed by atoms with van der Waals surface area (Å²) in [7, 11) is -10.8. The van der Waals surface area contributed by atoms with E-state index in [2.05, 4.69) is 94.3 Å². The SMILES string of the molecule is CC#CC#CC#CC#CC#CC#CC#CC(=O)OC[C@@H](COP(=O)(O)OC1C(O)[C@H](O)[C@@H](O)C(OP(=O)(O)O)[C@@H]1O)OC(=O)CCCCCCCCCCCCCCC. The Balaban J connectivity index is 2.84. The van der Waals surface area contributed by atoms with Gasteiger partial charge in [-0.15, -0.1) is 0 Å². The molecule has 0 radical (unpaired) electrons. The highest BCUT2D eigenvalue weighted by molar-refractivity contribution is 7.47. The minimum absolute atomic E-state index is 0.0350. The van der Waals surface area contributed by atoms with Gasteiger partial charge in [-0.25, -0.2) is 13.9 Å². The summed E-state index contributed by atoms with van der Waals surface area (Å²) in [6.07, 6.45) is -1.12. The molecule has 1 saturated carbocycles. The maximum absolute atomic E-state index is 12.9. The number of carbonyl (C=O) groups excluding carboxylic acids is 2. The molecule has 0 amide bonds. The molecule has 0 saturated heterocycles. The van der Waals surface area contributed by atoms with Gasteiger partial charge in [-0.3, -0.25) is 18.4 Å². The van der Waals surface area contributed by atoms with Gasteiger partial charge < -0.3 is 44.6 Å². The Hall–Kier alpha value is -4.08. The van der Waals surface area contributed by atoms with Crippen molar-refractivity contribution < 1.29 is 76.9 Å². The number of phosphoric acid groups is 2. The molecule has 59 heavy (non-hydrogen) atoms. The van der Waals surface area contributed by atoms with Gasteiger partial charge in [0, 0.05) is 12.3 Å². The Bertz CT molecular complexity index is 1880. The van der Waals surface area contributed by atoms with Gasteiger partial charge in [0.2, 0.25) is 0 Å². The first-order chi connectivity index (χ1) is 28.1. The van der Waals surface area contributed by atoms with E-state index in [0.29, 0.717) is 6.42 Å². The number of hydrogen-bond donors (Lipinski definition) is 7. The third kappa shape index (κ3) is 25.9. The van der Waals surface area contributed by atoms with Crippen LogP contribution in [0.5, 0.6) is 0 Å². The van der Waals surface area contributed by atoms with Crippen LogP contribution in [0.15, 0.2) is 0 Å². The summed E-state index contributed by atoms with van der Waals surface area (Å²) in [5, 5.41) is 41.0. The molecule has 1 rings (SSSR count). The highest BCUT2D eigenvalue weighted by atomic mass is 31.2. The van der Waals surface area contributed by atoms with E-state index in [4.69, 9.17) is 28.3 Å². The van der Waals surface area contributed by atoms with E-state index in [1.807, 2.05) is 0 Å². The summed E-state index contributed by atoms with van der Waals surface area (Å²) in [6.45, 7) is 2.15. The molecule has 0 aromatic heterocycles. The lowest BCUT2D eigenvalue weighted by molar-refractivity contribution is -0.216. The summed E-state index contributed by atoms with van der Waals surface area (Å²) in [5.41, 5.74) is 0. The molecule has 1 aliphatic rings. The topological polar surface area (TPSA) is 256 Å². The van der Waals surface area contributed by atoms with Gasteiger partial charge in [-0.05, 0) is 84.4 Å². The number of carbonyl (C=O) groups is 2. The molecular formula is C41H52O16P2. The standard InChI is InChI=1S/C41H52O16P2/c1-3-5-7-9-11-13-15-17-19-21-23-25-27-29-34(42)53-31-33(55-35(43)30-28-26-24-22-20-18-16-14-12-10-8-6-4-2)32-54-59(51,52)57-41-38(46)36(44)37(45)40(39(41)47)56-58(48,49)50/h33,36-41,44-47H,4,6,8,10,12,14,16,18,20,22,24,26,28,30-32H2,1-2H3,(H,51,52)(H2,48,49,50)/t33-,36+,37+,38?,39-,40?,41?/m0/s1. The molecule has 16 nitrogen and oxygen atoms in total. The van der Waals surface area contributed by atoms with E-state index >= 15 is 0 Å². The molecule has 0 aliphatic heterocycles. The lowest BCUT2D eigenvalue weighted by atomic mass is 9.85. The van der Waals surface area contributed by atoms with Crippen molar-refractivity contribution in [2.45, 2.75) is 146 Å². The summed E-state index contributed by atoms with van der Waals surface area (Å²) < 4.78 is 48.5. The van der Waals surface area contributed by atoms with Crippen molar-refractivity contribution in [3.8, 4) is 82.9 Å². The van der Waals surface area contributed by atoms with Crippen LogP contribution in [0.25, 0.3) is 0 Å². The second-order valence-electron chi connectivity index (χ2n) is 12.9. The van der Waals surface area contributed by atoms with Gasteiger partial charge >= 0.3 is 27.6 Å². The number of aliphatic hydroxyl groups is 4. The van der Waals surface area contributed by atoms with Crippen molar-refractivity contribution in [3.05, 3.63) is 0 Å². The second-order valence-corrected chi connectivity index (χ2v) is 15.5. The number of esters is 2. The Morgan fingerprint density at radius 2 is 1.02 bits per heavy atom. The molecule has 8 atom stereocenters.